The van der Waals surface area contributed by atoms with E-state index in [9.17, 15) is 4.79 Å². The van der Waals surface area contributed by atoms with Crippen LogP contribution in [0.2, 0.25) is 0 Å². The Balaban J connectivity index is 2.01. The molecule has 1 aliphatic rings. The Morgan fingerprint density at radius 2 is 2.25 bits per heavy atom. The zero-order valence-corrected chi connectivity index (χ0v) is 11.4. The van der Waals surface area contributed by atoms with Gasteiger partial charge < -0.3 is 4.90 Å². The zero-order valence-electron chi connectivity index (χ0n) is 11.4. The Kier molecular flexibility index (Phi) is 4.80. The van der Waals surface area contributed by atoms with Crippen LogP contribution in [0.25, 0.3) is 10.4 Å². The molecule has 5 nitrogen and oxygen atoms in total. The Labute approximate surface area is 118 Å². The summed E-state index contributed by atoms with van der Waals surface area (Å²) in [6.07, 6.45) is 2.52. The molecule has 2 atom stereocenters. The van der Waals surface area contributed by atoms with Crippen LogP contribution in [-0.4, -0.2) is 23.9 Å². The van der Waals surface area contributed by atoms with Crippen LogP contribution < -0.4 is 0 Å². The van der Waals surface area contributed by atoms with E-state index in [0.717, 1.165) is 18.5 Å². The van der Waals surface area contributed by atoms with E-state index in [1.807, 2.05) is 35.2 Å². The molecule has 1 unspecified atom stereocenters. The number of hydrogen-bond acceptors (Lipinski definition) is 2. The summed E-state index contributed by atoms with van der Waals surface area (Å²) < 4.78 is 0. The summed E-state index contributed by atoms with van der Waals surface area (Å²) in [5.41, 5.74) is 9.53. The number of hydrogen-bond donors (Lipinski definition) is 0. The molecular weight excluding hydrogens is 252 g/mol. The van der Waals surface area contributed by atoms with Gasteiger partial charge in [0, 0.05) is 30.5 Å². The topological polar surface area (TPSA) is 69.1 Å². The molecule has 0 aliphatic carbocycles. The summed E-state index contributed by atoms with van der Waals surface area (Å²) in [5, 5.41) is 3.57. The van der Waals surface area contributed by atoms with Crippen molar-refractivity contribution in [2.45, 2.75) is 13.0 Å². The first-order valence-electron chi connectivity index (χ1n) is 6.72. The summed E-state index contributed by atoms with van der Waals surface area (Å²) in [6, 6.07) is 9.95. The normalized spacial score (nSPS) is 19.5. The first-order valence-corrected chi connectivity index (χ1v) is 6.72. The van der Waals surface area contributed by atoms with E-state index in [1.165, 1.54) is 0 Å². The predicted octanol–water partition coefficient (Wildman–Crippen LogP) is 3.15. The van der Waals surface area contributed by atoms with E-state index >= 15 is 0 Å². The van der Waals surface area contributed by atoms with Gasteiger partial charge in [0.25, 0.3) is 0 Å². The van der Waals surface area contributed by atoms with Crippen molar-refractivity contribution in [1.29, 1.82) is 0 Å². The van der Waals surface area contributed by atoms with Gasteiger partial charge in [-0.15, -0.1) is 6.58 Å². The lowest BCUT2D eigenvalue weighted by molar-refractivity contribution is -0.132. The van der Waals surface area contributed by atoms with Crippen molar-refractivity contribution in [3.05, 3.63) is 59.0 Å². The standard InChI is InChI=1S/C15H18N4O/c1-2-13(10-17-18-16)14-8-9-19(15(14)20)11-12-6-4-3-5-7-12/h2-7,13-14H,1,8-11H2/t13?,14-/m1/s1. The molecule has 1 saturated heterocycles. The molecule has 1 heterocycles. The molecule has 0 saturated carbocycles. The third-order valence-electron chi connectivity index (χ3n) is 3.73. The SMILES string of the molecule is C=CC(CN=[N+]=[N-])[C@H]1CCN(Cc2ccccc2)C1=O. The summed E-state index contributed by atoms with van der Waals surface area (Å²) in [6.45, 7) is 5.44. The van der Waals surface area contributed by atoms with Crippen molar-refractivity contribution in [3.8, 4) is 0 Å². The monoisotopic (exact) mass is 270 g/mol. The molecule has 20 heavy (non-hydrogen) atoms. The molecule has 1 fully saturated rings. The van der Waals surface area contributed by atoms with Crippen LogP contribution in [-0.2, 0) is 11.3 Å². The van der Waals surface area contributed by atoms with Gasteiger partial charge in [-0.3, -0.25) is 4.79 Å². The molecule has 1 amide bonds. The summed E-state index contributed by atoms with van der Waals surface area (Å²) in [5.74, 6) is -0.0484. The molecule has 0 N–H and O–H groups in total. The number of likely N-dealkylation sites (tertiary alicyclic amines) is 1. The number of rotatable bonds is 6. The van der Waals surface area contributed by atoms with Crippen molar-refractivity contribution in [2.75, 3.05) is 13.1 Å². The maximum atomic E-state index is 12.4. The third-order valence-corrected chi connectivity index (χ3v) is 3.73. The lowest BCUT2D eigenvalue weighted by Crippen LogP contribution is -2.30. The first-order chi connectivity index (χ1) is 9.76. The van der Waals surface area contributed by atoms with Crippen LogP contribution in [0.3, 0.4) is 0 Å². The van der Waals surface area contributed by atoms with Gasteiger partial charge in [0.05, 0.1) is 0 Å². The number of carbonyl (C=O) groups excluding carboxylic acids is 1. The predicted molar refractivity (Wildman–Crippen MR) is 77.7 cm³/mol. The zero-order chi connectivity index (χ0) is 14.4. The Bertz CT molecular complexity index is 522. The molecule has 104 valence electrons. The minimum absolute atomic E-state index is 0.0702. The molecule has 0 radical (unpaired) electrons. The molecule has 0 bridgehead atoms. The maximum absolute atomic E-state index is 12.4. The van der Waals surface area contributed by atoms with Gasteiger partial charge in [-0.05, 0) is 23.4 Å². The second-order valence-corrected chi connectivity index (χ2v) is 4.95. The molecule has 0 aromatic heterocycles. The van der Waals surface area contributed by atoms with E-state index < -0.39 is 0 Å². The highest BCUT2D eigenvalue weighted by Crippen LogP contribution is 2.28. The van der Waals surface area contributed by atoms with Gasteiger partial charge in [-0.25, -0.2) is 0 Å². The van der Waals surface area contributed by atoms with Crippen LogP contribution in [0, 0.1) is 11.8 Å². The Morgan fingerprint density at radius 3 is 2.90 bits per heavy atom. The fourth-order valence-electron chi connectivity index (χ4n) is 2.62. The van der Waals surface area contributed by atoms with Gasteiger partial charge in [0.1, 0.15) is 0 Å². The highest BCUT2D eigenvalue weighted by molar-refractivity contribution is 5.81. The average molecular weight is 270 g/mol. The minimum atomic E-state index is -0.110. The minimum Gasteiger partial charge on any atom is -0.338 e. The fourth-order valence-corrected chi connectivity index (χ4v) is 2.62. The van der Waals surface area contributed by atoms with Crippen LogP contribution in [0.4, 0.5) is 0 Å². The number of azide groups is 1. The van der Waals surface area contributed by atoms with Crippen LogP contribution >= 0.6 is 0 Å². The highest BCUT2D eigenvalue weighted by Gasteiger charge is 2.35. The lowest BCUT2D eigenvalue weighted by atomic mass is 9.91. The smallest absolute Gasteiger partial charge is 0.226 e. The van der Waals surface area contributed by atoms with Crippen molar-refractivity contribution < 1.29 is 4.79 Å². The van der Waals surface area contributed by atoms with Crippen LogP contribution in [0.5, 0.6) is 0 Å². The van der Waals surface area contributed by atoms with Crippen molar-refractivity contribution in [3.63, 3.8) is 0 Å². The van der Waals surface area contributed by atoms with E-state index in [2.05, 4.69) is 16.6 Å². The van der Waals surface area contributed by atoms with Crippen LogP contribution in [0.1, 0.15) is 12.0 Å². The first kappa shape index (κ1) is 14.2. The molecule has 1 aromatic carbocycles. The summed E-state index contributed by atoms with van der Waals surface area (Å²) >= 11 is 0. The second-order valence-electron chi connectivity index (χ2n) is 4.95. The van der Waals surface area contributed by atoms with Crippen LogP contribution in [0.15, 0.2) is 48.1 Å². The number of amides is 1. The lowest BCUT2D eigenvalue weighted by Gasteiger charge is -2.19. The highest BCUT2D eigenvalue weighted by atomic mass is 16.2. The van der Waals surface area contributed by atoms with Crippen molar-refractivity contribution in [2.24, 2.45) is 17.0 Å². The molecular formula is C15H18N4O. The summed E-state index contributed by atoms with van der Waals surface area (Å²) in [7, 11) is 0. The number of carbonyl (C=O) groups is 1. The second kappa shape index (κ2) is 6.78. The fraction of sp³-hybridized carbons (Fsp3) is 0.400. The van der Waals surface area contributed by atoms with E-state index in [4.69, 9.17) is 5.53 Å². The Morgan fingerprint density at radius 1 is 1.50 bits per heavy atom. The molecule has 1 aromatic rings. The van der Waals surface area contributed by atoms with Gasteiger partial charge in [0.15, 0.2) is 0 Å². The summed E-state index contributed by atoms with van der Waals surface area (Å²) in [4.78, 5) is 17.0. The number of nitrogens with zero attached hydrogens (tertiary/aromatic N) is 4. The largest absolute Gasteiger partial charge is 0.338 e. The molecule has 0 spiro atoms. The average Bonchev–Trinajstić information content (AvgIpc) is 2.83. The van der Waals surface area contributed by atoms with Gasteiger partial charge in [-0.1, -0.05) is 41.5 Å². The van der Waals surface area contributed by atoms with Crippen molar-refractivity contribution >= 4 is 5.91 Å². The molecule has 1 aliphatic heterocycles. The van der Waals surface area contributed by atoms with E-state index in [0.29, 0.717) is 13.1 Å². The van der Waals surface area contributed by atoms with Gasteiger partial charge in [0.2, 0.25) is 5.91 Å². The van der Waals surface area contributed by atoms with E-state index in [1.54, 1.807) is 6.08 Å². The van der Waals surface area contributed by atoms with E-state index in [-0.39, 0.29) is 17.7 Å². The third kappa shape index (κ3) is 3.19. The van der Waals surface area contributed by atoms with Gasteiger partial charge in [-0.2, -0.15) is 0 Å². The molecule has 5 heteroatoms. The maximum Gasteiger partial charge on any atom is 0.226 e. The Hall–Kier alpha value is -2.26. The quantitative estimate of drug-likeness (QED) is 0.339. The van der Waals surface area contributed by atoms with Gasteiger partial charge >= 0.3 is 0 Å². The molecule has 2 rings (SSSR count). The number of benzene rings is 1. The van der Waals surface area contributed by atoms with Crippen molar-refractivity contribution in [1.82, 2.24) is 4.90 Å².